The van der Waals surface area contributed by atoms with E-state index in [0.717, 1.165) is 41.2 Å². The van der Waals surface area contributed by atoms with Crippen LogP contribution in [0.15, 0.2) is 22.1 Å². The molecule has 98 valence electrons. The Labute approximate surface area is 113 Å². The summed E-state index contributed by atoms with van der Waals surface area (Å²) in [5.41, 5.74) is 7.97. The first kappa shape index (κ1) is 12.2. The Hall–Kier alpha value is -1.90. The standard InChI is InChI=1S/C16H19N3/c1-5-12-11(4)19-15-13(12)6-7-14-16(15)18-10(3)8-9(2)17-14/h6-7,19H,5,8H2,1-4H3. The third-order valence-electron chi connectivity index (χ3n) is 3.73. The van der Waals surface area contributed by atoms with E-state index in [9.17, 15) is 0 Å². The Bertz CT molecular complexity index is 717. The number of nitrogens with one attached hydrogen (secondary N) is 1. The van der Waals surface area contributed by atoms with Gasteiger partial charge in [-0.05, 0) is 38.8 Å². The smallest absolute Gasteiger partial charge is 0.113 e. The van der Waals surface area contributed by atoms with Crippen LogP contribution in [0.1, 0.15) is 38.4 Å². The second-order valence-electron chi connectivity index (χ2n) is 5.31. The number of nitrogens with zero attached hydrogens (tertiary/aromatic N) is 2. The van der Waals surface area contributed by atoms with Crippen molar-refractivity contribution in [3.8, 4) is 0 Å². The molecule has 0 radical (unpaired) electrons. The Morgan fingerprint density at radius 3 is 2.58 bits per heavy atom. The minimum Gasteiger partial charge on any atom is -0.357 e. The molecule has 0 amide bonds. The fraction of sp³-hybridized carbons (Fsp3) is 0.375. The largest absolute Gasteiger partial charge is 0.357 e. The Kier molecular flexibility index (Phi) is 2.77. The van der Waals surface area contributed by atoms with Crippen molar-refractivity contribution >= 4 is 33.7 Å². The molecule has 1 aromatic heterocycles. The molecule has 3 nitrogen and oxygen atoms in total. The first-order valence-electron chi connectivity index (χ1n) is 6.82. The van der Waals surface area contributed by atoms with Crippen LogP contribution in [0.3, 0.4) is 0 Å². The molecule has 0 saturated carbocycles. The van der Waals surface area contributed by atoms with Gasteiger partial charge in [0, 0.05) is 28.9 Å². The Balaban J connectivity index is 2.38. The van der Waals surface area contributed by atoms with Crippen LogP contribution in [-0.2, 0) is 6.42 Å². The summed E-state index contributed by atoms with van der Waals surface area (Å²) in [6.45, 7) is 8.46. The van der Waals surface area contributed by atoms with Gasteiger partial charge in [-0.3, -0.25) is 9.98 Å². The van der Waals surface area contributed by atoms with Crippen molar-refractivity contribution in [3.05, 3.63) is 23.4 Å². The van der Waals surface area contributed by atoms with E-state index in [1.165, 1.54) is 16.6 Å². The van der Waals surface area contributed by atoms with E-state index in [-0.39, 0.29) is 0 Å². The number of fused-ring (bicyclic) bond motifs is 3. The highest BCUT2D eigenvalue weighted by Crippen LogP contribution is 2.39. The number of hydrogen-bond acceptors (Lipinski definition) is 2. The SMILES string of the molecule is CCc1c(C)[nH]c2c3c(ccc12)N=C(C)CC(C)=N3. The van der Waals surface area contributed by atoms with Crippen LogP contribution in [0.25, 0.3) is 10.9 Å². The van der Waals surface area contributed by atoms with Gasteiger partial charge in [-0.2, -0.15) is 0 Å². The van der Waals surface area contributed by atoms with E-state index in [4.69, 9.17) is 4.99 Å². The molecule has 0 fully saturated rings. The molecular formula is C16H19N3. The molecule has 0 atom stereocenters. The number of aliphatic imine (C=N–C) groups is 2. The minimum atomic E-state index is 0.858. The quantitative estimate of drug-likeness (QED) is 0.770. The topological polar surface area (TPSA) is 40.5 Å². The number of rotatable bonds is 1. The lowest BCUT2D eigenvalue weighted by molar-refractivity contribution is 1.11. The van der Waals surface area contributed by atoms with Crippen LogP contribution < -0.4 is 0 Å². The maximum atomic E-state index is 4.78. The van der Waals surface area contributed by atoms with Gasteiger partial charge in [0.25, 0.3) is 0 Å². The molecular weight excluding hydrogens is 234 g/mol. The van der Waals surface area contributed by atoms with E-state index in [2.05, 4.69) is 49.8 Å². The van der Waals surface area contributed by atoms with Crippen molar-refractivity contribution < 1.29 is 0 Å². The van der Waals surface area contributed by atoms with Gasteiger partial charge >= 0.3 is 0 Å². The normalized spacial score (nSPS) is 14.9. The van der Waals surface area contributed by atoms with Crippen molar-refractivity contribution in [1.82, 2.24) is 4.98 Å². The van der Waals surface area contributed by atoms with E-state index >= 15 is 0 Å². The van der Waals surface area contributed by atoms with Crippen LogP contribution >= 0.6 is 0 Å². The van der Waals surface area contributed by atoms with Gasteiger partial charge in [0.1, 0.15) is 5.69 Å². The molecule has 0 aliphatic carbocycles. The number of H-pyrrole nitrogens is 1. The van der Waals surface area contributed by atoms with Crippen LogP contribution in [-0.4, -0.2) is 16.4 Å². The van der Waals surface area contributed by atoms with Gasteiger partial charge in [0.15, 0.2) is 0 Å². The summed E-state index contributed by atoms with van der Waals surface area (Å²) in [4.78, 5) is 13.0. The minimum absolute atomic E-state index is 0.858. The zero-order valence-corrected chi connectivity index (χ0v) is 12.0. The predicted molar refractivity (Wildman–Crippen MR) is 82.6 cm³/mol. The fourth-order valence-electron chi connectivity index (χ4n) is 2.93. The van der Waals surface area contributed by atoms with Crippen molar-refractivity contribution in [2.45, 2.75) is 40.5 Å². The second-order valence-corrected chi connectivity index (χ2v) is 5.31. The monoisotopic (exact) mass is 253 g/mol. The summed E-state index contributed by atoms with van der Waals surface area (Å²) in [7, 11) is 0. The molecule has 1 N–H and O–H groups in total. The summed E-state index contributed by atoms with van der Waals surface area (Å²) in [5, 5.41) is 1.28. The number of aromatic amines is 1. The molecule has 3 heteroatoms. The van der Waals surface area contributed by atoms with Gasteiger partial charge in [-0.1, -0.05) is 13.0 Å². The van der Waals surface area contributed by atoms with Gasteiger partial charge in [-0.25, -0.2) is 0 Å². The zero-order chi connectivity index (χ0) is 13.6. The van der Waals surface area contributed by atoms with Gasteiger partial charge in [0.05, 0.1) is 11.2 Å². The molecule has 2 aromatic rings. The number of hydrogen-bond donors (Lipinski definition) is 1. The number of benzene rings is 1. The summed E-state index contributed by atoms with van der Waals surface area (Å²) in [5.74, 6) is 0. The summed E-state index contributed by atoms with van der Waals surface area (Å²) >= 11 is 0. The first-order valence-corrected chi connectivity index (χ1v) is 6.82. The van der Waals surface area contributed by atoms with Gasteiger partial charge in [-0.15, -0.1) is 0 Å². The van der Waals surface area contributed by atoms with Crippen molar-refractivity contribution in [1.29, 1.82) is 0 Å². The fourth-order valence-corrected chi connectivity index (χ4v) is 2.93. The molecule has 0 bridgehead atoms. The highest BCUT2D eigenvalue weighted by Gasteiger charge is 2.15. The van der Waals surface area contributed by atoms with Crippen molar-refractivity contribution in [2.24, 2.45) is 9.98 Å². The van der Waals surface area contributed by atoms with Gasteiger partial charge in [0.2, 0.25) is 0 Å². The van der Waals surface area contributed by atoms with Crippen LogP contribution in [0.2, 0.25) is 0 Å². The average Bonchev–Trinajstić information content (AvgIpc) is 2.59. The summed E-state index contributed by atoms with van der Waals surface area (Å²) < 4.78 is 0. The third-order valence-corrected chi connectivity index (χ3v) is 3.73. The molecule has 0 unspecified atom stereocenters. The molecule has 1 aromatic carbocycles. The molecule has 0 spiro atoms. The third kappa shape index (κ3) is 1.89. The molecule has 1 aliphatic rings. The lowest BCUT2D eigenvalue weighted by atomic mass is 10.1. The van der Waals surface area contributed by atoms with Crippen molar-refractivity contribution in [3.63, 3.8) is 0 Å². The van der Waals surface area contributed by atoms with E-state index < -0.39 is 0 Å². The van der Waals surface area contributed by atoms with Crippen molar-refractivity contribution in [2.75, 3.05) is 0 Å². The van der Waals surface area contributed by atoms with E-state index in [1.54, 1.807) is 0 Å². The summed E-state index contributed by atoms with van der Waals surface area (Å²) in [6.07, 6.45) is 1.89. The molecule has 19 heavy (non-hydrogen) atoms. The first-order chi connectivity index (χ1) is 9.10. The molecule has 3 rings (SSSR count). The predicted octanol–water partition coefficient (Wildman–Crippen LogP) is 4.63. The van der Waals surface area contributed by atoms with Crippen LogP contribution in [0.5, 0.6) is 0 Å². The second kappa shape index (κ2) is 4.34. The number of aromatic nitrogens is 1. The lowest BCUT2D eigenvalue weighted by Gasteiger charge is -2.02. The molecule has 2 heterocycles. The van der Waals surface area contributed by atoms with Crippen LogP contribution in [0, 0.1) is 6.92 Å². The summed E-state index contributed by atoms with van der Waals surface area (Å²) in [6, 6.07) is 4.26. The van der Waals surface area contributed by atoms with Gasteiger partial charge < -0.3 is 4.98 Å². The zero-order valence-electron chi connectivity index (χ0n) is 12.0. The molecule has 0 saturated heterocycles. The van der Waals surface area contributed by atoms with E-state index in [0.29, 0.717) is 0 Å². The lowest BCUT2D eigenvalue weighted by Crippen LogP contribution is -1.97. The maximum Gasteiger partial charge on any atom is 0.113 e. The molecule has 1 aliphatic heterocycles. The highest BCUT2D eigenvalue weighted by molar-refractivity contribution is 6.10. The number of aryl methyl sites for hydroxylation is 2. The maximum absolute atomic E-state index is 4.78. The highest BCUT2D eigenvalue weighted by atomic mass is 14.9. The average molecular weight is 253 g/mol. The Morgan fingerprint density at radius 2 is 1.84 bits per heavy atom. The van der Waals surface area contributed by atoms with E-state index in [1.807, 2.05) is 0 Å². The van der Waals surface area contributed by atoms with Crippen LogP contribution in [0.4, 0.5) is 11.4 Å². The Morgan fingerprint density at radius 1 is 1.11 bits per heavy atom.